The molecule has 16 heteroatoms. The van der Waals surface area contributed by atoms with Gasteiger partial charge >= 0.3 is 11.9 Å². The zero-order chi connectivity index (χ0) is 39.9. The molecular weight excluding hydrogens is 730 g/mol. The highest BCUT2D eigenvalue weighted by atomic mass is 16.8. The van der Waals surface area contributed by atoms with E-state index in [-0.39, 0.29) is 33.5 Å². The Morgan fingerprint density at radius 2 is 1.77 bits per heavy atom. The van der Waals surface area contributed by atoms with Gasteiger partial charge in [0.1, 0.15) is 47.9 Å². The SMILES string of the molecule is CN[C@H](C(=O)O)C(=O)OC[C@@H]1O[C@H](Oc2ccc3c(=O)c(-c4ccc(O)cc4)coc3c2)[C@@H](On2cc3cc[nH]c3c2-c2cc(C)cc(C)c2)[C@@](O)(CO)[C@H]1O. The Kier molecular flexibility index (Phi) is 10.3. The maximum absolute atomic E-state index is 13.5. The van der Waals surface area contributed by atoms with Crippen LogP contribution >= 0.6 is 0 Å². The van der Waals surface area contributed by atoms with E-state index in [1.807, 2.05) is 38.1 Å². The number of esters is 1. The molecule has 4 heterocycles. The lowest BCUT2D eigenvalue weighted by molar-refractivity contribution is -0.328. The predicted octanol–water partition coefficient (Wildman–Crippen LogP) is 2.63. The number of nitrogens with zero attached hydrogens (tertiary/aromatic N) is 1. The van der Waals surface area contributed by atoms with Crippen LogP contribution in [0.15, 0.2) is 94.6 Å². The molecule has 0 bridgehead atoms. The van der Waals surface area contributed by atoms with Gasteiger partial charge in [-0.05, 0) is 68.9 Å². The number of H-pyrrole nitrogens is 1. The van der Waals surface area contributed by atoms with Crippen LogP contribution in [0.4, 0.5) is 0 Å². The van der Waals surface area contributed by atoms with E-state index in [0.717, 1.165) is 22.1 Å². The fourth-order valence-corrected chi connectivity index (χ4v) is 6.92. The molecule has 7 N–H and O–H groups in total. The van der Waals surface area contributed by atoms with Crippen molar-refractivity contribution in [3.05, 3.63) is 107 Å². The van der Waals surface area contributed by atoms with Crippen LogP contribution in [0, 0.1) is 13.8 Å². The number of aromatic hydroxyl groups is 1. The Hall–Kier alpha value is -6.17. The van der Waals surface area contributed by atoms with Crippen LogP contribution in [0.3, 0.4) is 0 Å². The van der Waals surface area contributed by atoms with Crippen molar-refractivity contribution >= 4 is 33.8 Å². The third-order valence-corrected chi connectivity index (χ3v) is 9.72. The van der Waals surface area contributed by atoms with Crippen LogP contribution in [0.1, 0.15) is 11.1 Å². The van der Waals surface area contributed by atoms with Crippen molar-refractivity contribution in [1.82, 2.24) is 15.0 Å². The second-order valence-electron chi connectivity index (χ2n) is 13.6. The number of benzene rings is 3. The fourth-order valence-electron chi connectivity index (χ4n) is 6.92. The molecule has 56 heavy (non-hydrogen) atoms. The van der Waals surface area contributed by atoms with Crippen LogP contribution < -0.4 is 20.3 Å². The van der Waals surface area contributed by atoms with Gasteiger partial charge in [-0.15, -0.1) is 0 Å². The van der Waals surface area contributed by atoms with Gasteiger partial charge in [-0.1, -0.05) is 29.3 Å². The van der Waals surface area contributed by atoms with Crippen molar-refractivity contribution in [2.24, 2.45) is 0 Å². The second-order valence-corrected chi connectivity index (χ2v) is 13.6. The first kappa shape index (κ1) is 38.1. The molecule has 0 aliphatic carbocycles. The number of aryl methyl sites for hydroxylation is 2. The summed E-state index contributed by atoms with van der Waals surface area (Å²) >= 11 is 0. The average molecular weight is 770 g/mol. The molecule has 6 atom stereocenters. The zero-order valence-corrected chi connectivity index (χ0v) is 30.3. The molecule has 1 aliphatic rings. The molecule has 0 radical (unpaired) electrons. The lowest BCUT2D eigenvalue weighted by Crippen LogP contribution is -2.72. The van der Waals surface area contributed by atoms with Crippen LogP contribution in [-0.4, -0.2) is 104 Å². The molecule has 0 saturated carbocycles. The highest BCUT2D eigenvalue weighted by molar-refractivity contribution is 5.98. The summed E-state index contributed by atoms with van der Waals surface area (Å²) in [7, 11) is 1.25. The van der Waals surface area contributed by atoms with Gasteiger partial charge < -0.3 is 54.0 Å². The summed E-state index contributed by atoms with van der Waals surface area (Å²) in [5, 5.41) is 56.7. The number of phenolic OH excluding ortho intramolecular Hbond substituents is 1. The Bertz CT molecular complexity index is 2450. The Morgan fingerprint density at radius 1 is 1.04 bits per heavy atom. The topological polar surface area (TPSA) is 235 Å². The van der Waals surface area contributed by atoms with Gasteiger partial charge in [0.15, 0.2) is 11.0 Å². The number of aliphatic hydroxyl groups excluding tert-OH is 2. The molecule has 3 aromatic carbocycles. The van der Waals surface area contributed by atoms with Gasteiger partial charge in [0.25, 0.3) is 0 Å². The van der Waals surface area contributed by atoms with Crippen molar-refractivity contribution in [3.8, 4) is 33.9 Å². The number of hydrogen-bond acceptors (Lipinski definition) is 13. The van der Waals surface area contributed by atoms with Crippen LogP contribution in [0.25, 0.3) is 44.3 Å². The van der Waals surface area contributed by atoms with Crippen molar-refractivity contribution < 1.29 is 58.6 Å². The molecule has 292 valence electrons. The minimum Gasteiger partial charge on any atom is -0.508 e. The number of ether oxygens (including phenoxy) is 3. The van der Waals surface area contributed by atoms with E-state index in [9.17, 15) is 39.9 Å². The predicted molar refractivity (Wildman–Crippen MR) is 200 cm³/mol. The average Bonchev–Trinajstić information content (AvgIpc) is 3.75. The normalized spacial score (nSPS) is 21.5. The summed E-state index contributed by atoms with van der Waals surface area (Å²) in [6.45, 7) is 2.04. The third kappa shape index (κ3) is 7.07. The molecule has 0 unspecified atom stereocenters. The van der Waals surface area contributed by atoms with E-state index in [1.165, 1.54) is 48.4 Å². The number of aliphatic carboxylic acids is 1. The number of aromatic amines is 1. The number of fused-ring (bicyclic) bond motifs is 2. The Morgan fingerprint density at radius 3 is 2.45 bits per heavy atom. The number of carboxylic acids is 1. The number of hydrogen-bond donors (Lipinski definition) is 7. The Labute approximate surface area is 318 Å². The van der Waals surface area contributed by atoms with Gasteiger partial charge in [-0.2, -0.15) is 4.73 Å². The van der Waals surface area contributed by atoms with Crippen molar-refractivity contribution in [1.29, 1.82) is 0 Å². The van der Waals surface area contributed by atoms with E-state index in [0.29, 0.717) is 16.8 Å². The first-order valence-electron chi connectivity index (χ1n) is 17.5. The summed E-state index contributed by atoms with van der Waals surface area (Å²) in [5.41, 5.74) is 1.91. The number of rotatable bonds is 12. The van der Waals surface area contributed by atoms with E-state index >= 15 is 0 Å². The second kappa shape index (κ2) is 15.2. The molecule has 1 saturated heterocycles. The number of carbonyl (C=O) groups is 2. The summed E-state index contributed by atoms with van der Waals surface area (Å²) in [4.78, 5) is 47.3. The lowest BCUT2D eigenvalue weighted by atomic mass is 9.84. The quantitative estimate of drug-likeness (QED) is 0.0701. The van der Waals surface area contributed by atoms with E-state index in [4.69, 9.17) is 23.5 Å². The van der Waals surface area contributed by atoms with Gasteiger partial charge in [-0.3, -0.25) is 10.1 Å². The summed E-state index contributed by atoms with van der Waals surface area (Å²) in [6.07, 6.45) is -2.23. The molecule has 1 fully saturated rings. The molecule has 16 nitrogen and oxygen atoms in total. The molecular formula is C40H39N3O13. The smallest absolute Gasteiger partial charge is 0.334 e. The number of likely N-dealkylation sites (N-methyl/N-ethyl adjacent to an activating group) is 1. The van der Waals surface area contributed by atoms with Crippen molar-refractivity contribution in [3.63, 3.8) is 0 Å². The molecule has 1 aliphatic heterocycles. The maximum atomic E-state index is 13.5. The highest BCUT2D eigenvalue weighted by Crippen LogP contribution is 2.36. The van der Waals surface area contributed by atoms with Crippen molar-refractivity contribution in [2.45, 2.75) is 50.1 Å². The number of nitrogens with one attached hydrogen (secondary N) is 2. The molecule has 6 aromatic rings. The van der Waals surface area contributed by atoms with Crippen LogP contribution in [0.2, 0.25) is 0 Å². The van der Waals surface area contributed by atoms with E-state index in [2.05, 4.69) is 10.3 Å². The summed E-state index contributed by atoms with van der Waals surface area (Å²) < 4.78 is 24.8. The third-order valence-electron chi connectivity index (χ3n) is 9.72. The summed E-state index contributed by atoms with van der Waals surface area (Å²) in [6, 6.07) is 16.3. The highest BCUT2D eigenvalue weighted by Gasteiger charge is 2.59. The molecule has 3 aromatic heterocycles. The Balaban J connectivity index is 1.27. The van der Waals surface area contributed by atoms with Gasteiger partial charge in [-0.25, -0.2) is 9.59 Å². The number of carboxylic acid groups (broad SMARTS) is 1. The summed E-state index contributed by atoms with van der Waals surface area (Å²) in [5.74, 6) is -2.62. The minimum atomic E-state index is -2.55. The first-order valence-corrected chi connectivity index (χ1v) is 17.5. The number of phenols is 1. The first-order chi connectivity index (χ1) is 26.8. The molecule has 0 amide bonds. The number of carbonyl (C=O) groups excluding carboxylic acids is 1. The van der Waals surface area contributed by atoms with Gasteiger partial charge in [0, 0.05) is 23.2 Å². The van der Waals surface area contributed by atoms with Crippen molar-refractivity contribution in [2.75, 3.05) is 20.3 Å². The molecule has 7 rings (SSSR count). The zero-order valence-electron chi connectivity index (χ0n) is 30.3. The maximum Gasteiger partial charge on any atom is 0.334 e. The molecule has 0 spiro atoms. The van der Waals surface area contributed by atoms with Gasteiger partial charge in [0.05, 0.1) is 29.3 Å². The van der Waals surface area contributed by atoms with E-state index < -0.39 is 61.4 Å². The fraction of sp³-hybridized carbons (Fsp3) is 0.275. The minimum absolute atomic E-state index is 0.0345. The standard InChI is InChI=1S/C40H39N3O13/c1-20-12-21(2)14-24(13-20)33-31-23(10-11-42-31)16-43(33)56-36-39(55-30(35(47)40(36,51)19-44)18-53-38(50)32(41-3)37(48)49)54-26-8-9-27-29(15-26)52-17-28(34(27)46)22-4-6-25(45)7-5-22/h4-17,30,32,35-36,39,41-42,44-45,47,51H,18-19H2,1-3H3,(H,48,49)/t30-,32+,35-,36+,39-,40+/m0/s1. The van der Waals surface area contributed by atoms with Crippen LogP contribution in [-0.2, 0) is 19.1 Å². The van der Waals surface area contributed by atoms with E-state index in [1.54, 1.807) is 24.5 Å². The van der Waals surface area contributed by atoms with Crippen LogP contribution in [0.5, 0.6) is 11.5 Å². The lowest BCUT2D eigenvalue weighted by Gasteiger charge is -2.48. The van der Waals surface area contributed by atoms with Gasteiger partial charge in [0.2, 0.25) is 18.4 Å². The number of aliphatic hydroxyl groups is 3. The largest absolute Gasteiger partial charge is 0.508 e. The number of aromatic nitrogens is 2. The monoisotopic (exact) mass is 769 g/mol.